The highest BCUT2D eigenvalue weighted by atomic mass is 16.5. The molecule has 0 aromatic rings. The van der Waals surface area contributed by atoms with Crippen LogP contribution in [0.1, 0.15) is 47.5 Å². The number of rotatable bonds is 8. The van der Waals surface area contributed by atoms with Gasteiger partial charge in [-0.05, 0) is 40.5 Å². The fraction of sp³-hybridized carbons (Fsp3) is 1.00. The number of methoxy groups -OCH3 is 2. The molecule has 2 atom stereocenters. The Labute approximate surface area is 107 Å². The molecule has 0 rings (SSSR count). The van der Waals surface area contributed by atoms with Crippen molar-refractivity contribution in [3.63, 3.8) is 0 Å². The summed E-state index contributed by atoms with van der Waals surface area (Å²) in [6, 6.07) is 0. The van der Waals surface area contributed by atoms with Gasteiger partial charge in [0.2, 0.25) is 0 Å². The average molecular weight is 246 g/mol. The zero-order valence-electron chi connectivity index (χ0n) is 12.6. The van der Waals surface area contributed by atoms with Crippen LogP contribution in [0.15, 0.2) is 0 Å². The summed E-state index contributed by atoms with van der Waals surface area (Å²) in [6.07, 6.45) is 1.96. The second-order valence-corrected chi connectivity index (χ2v) is 5.96. The summed E-state index contributed by atoms with van der Waals surface area (Å²) in [5, 5.41) is 0. The first-order chi connectivity index (χ1) is 7.76. The molecule has 0 radical (unpaired) electrons. The van der Waals surface area contributed by atoms with Crippen LogP contribution < -0.4 is 0 Å². The second kappa shape index (κ2) is 7.34. The fourth-order valence-corrected chi connectivity index (χ4v) is 1.75. The molecule has 104 valence electrons. The highest BCUT2D eigenvalue weighted by Crippen LogP contribution is 2.25. The molecule has 0 aromatic heterocycles. The molecule has 0 heterocycles. The van der Waals surface area contributed by atoms with Crippen LogP contribution in [0.4, 0.5) is 0 Å². The van der Waals surface area contributed by atoms with Gasteiger partial charge in [0.05, 0.1) is 24.4 Å². The molecule has 0 fully saturated rings. The van der Waals surface area contributed by atoms with Gasteiger partial charge in [-0.15, -0.1) is 0 Å². The second-order valence-electron chi connectivity index (χ2n) is 5.96. The van der Waals surface area contributed by atoms with Crippen molar-refractivity contribution in [3.8, 4) is 0 Å². The zero-order valence-corrected chi connectivity index (χ0v) is 12.6. The van der Waals surface area contributed by atoms with Gasteiger partial charge in [-0.2, -0.15) is 0 Å². The van der Waals surface area contributed by atoms with Gasteiger partial charge in [-0.25, -0.2) is 0 Å². The Morgan fingerprint density at radius 2 is 1.59 bits per heavy atom. The Morgan fingerprint density at radius 3 is 1.94 bits per heavy atom. The lowest BCUT2D eigenvalue weighted by Gasteiger charge is -2.32. The van der Waals surface area contributed by atoms with E-state index >= 15 is 0 Å². The number of hydrogen-bond donors (Lipinski definition) is 0. The molecule has 0 amide bonds. The molecule has 0 aliphatic rings. The van der Waals surface area contributed by atoms with E-state index in [1.165, 1.54) is 0 Å². The van der Waals surface area contributed by atoms with Gasteiger partial charge < -0.3 is 14.2 Å². The third-order valence-electron chi connectivity index (χ3n) is 3.12. The average Bonchev–Trinajstić information content (AvgIpc) is 2.25. The topological polar surface area (TPSA) is 27.7 Å². The minimum atomic E-state index is -0.0956. The first-order valence-electron chi connectivity index (χ1n) is 6.44. The fourth-order valence-electron chi connectivity index (χ4n) is 1.75. The summed E-state index contributed by atoms with van der Waals surface area (Å²) in [7, 11) is 3.51. The van der Waals surface area contributed by atoms with Gasteiger partial charge >= 0.3 is 0 Å². The van der Waals surface area contributed by atoms with Crippen LogP contribution in [-0.4, -0.2) is 38.6 Å². The molecule has 17 heavy (non-hydrogen) atoms. The van der Waals surface area contributed by atoms with Crippen LogP contribution >= 0.6 is 0 Å². The summed E-state index contributed by atoms with van der Waals surface area (Å²) in [6.45, 7) is 12.0. The van der Waals surface area contributed by atoms with Gasteiger partial charge in [0.25, 0.3) is 0 Å². The Bertz CT molecular complexity index is 192. The maximum Gasteiger partial charge on any atom is 0.0652 e. The van der Waals surface area contributed by atoms with E-state index in [-0.39, 0.29) is 11.2 Å². The molecule has 0 saturated carbocycles. The summed E-state index contributed by atoms with van der Waals surface area (Å²) in [5.41, 5.74) is -0.174. The molecule has 0 N–H and O–H groups in total. The molecular weight excluding hydrogens is 216 g/mol. The lowest BCUT2D eigenvalue weighted by molar-refractivity contribution is -0.0701. The van der Waals surface area contributed by atoms with Crippen molar-refractivity contribution in [2.75, 3.05) is 27.4 Å². The Hall–Kier alpha value is -0.120. The number of ether oxygens (including phenoxy) is 3. The molecule has 3 heteroatoms. The minimum absolute atomic E-state index is 0.0789. The van der Waals surface area contributed by atoms with Crippen molar-refractivity contribution >= 4 is 0 Å². The van der Waals surface area contributed by atoms with Crippen molar-refractivity contribution in [3.05, 3.63) is 0 Å². The quantitative estimate of drug-likeness (QED) is 0.658. The maximum absolute atomic E-state index is 5.84. The van der Waals surface area contributed by atoms with Crippen molar-refractivity contribution in [1.29, 1.82) is 0 Å². The first kappa shape index (κ1) is 16.9. The Kier molecular flexibility index (Phi) is 7.29. The Morgan fingerprint density at radius 1 is 1.00 bits per heavy atom. The monoisotopic (exact) mass is 246 g/mol. The SMILES string of the molecule is CCC(C)(CC(COC)COC(C)(C)C)OC. The van der Waals surface area contributed by atoms with Gasteiger partial charge in [0.1, 0.15) is 0 Å². The predicted octanol–water partition coefficient (Wildman–Crippen LogP) is 3.27. The van der Waals surface area contributed by atoms with E-state index in [1.54, 1.807) is 14.2 Å². The van der Waals surface area contributed by atoms with E-state index in [0.29, 0.717) is 5.92 Å². The largest absolute Gasteiger partial charge is 0.384 e. The van der Waals surface area contributed by atoms with Crippen LogP contribution in [0.3, 0.4) is 0 Å². The molecule has 0 aliphatic carbocycles. The number of hydrogen-bond acceptors (Lipinski definition) is 3. The van der Waals surface area contributed by atoms with E-state index in [9.17, 15) is 0 Å². The van der Waals surface area contributed by atoms with Crippen LogP contribution in [0.5, 0.6) is 0 Å². The van der Waals surface area contributed by atoms with Crippen molar-refractivity contribution in [1.82, 2.24) is 0 Å². The summed E-state index contributed by atoms with van der Waals surface area (Å²) < 4.78 is 16.7. The zero-order chi connectivity index (χ0) is 13.5. The van der Waals surface area contributed by atoms with E-state index in [0.717, 1.165) is 26.1 Å². The molecule has 0 aromatic carbocycles. The highest BCUT2D eigenvalue weighted by molar-refractivity contribution is 4.78. The van der Waals surface area contributed by atoms with Crippen LogP contribution in [0, 0.1) is 5.92 Å². The van der Waals surface area contributed by atoms with Crippen LogP contribution in [0.25, 0.3) is 0 Å². The van der Waals surface area contributed by atoms with Crippen molar-refractivity contribution in [2.24, 2.45) is 5.92 Å². The van der Waals surface area contributed by atoms with E-state index in [2.05, 4.69) is 34.6 Å². The molecule has 3 nitrogen and oxygen atoms in total. The molecule has 0 spiro atoms. The van der Waals surface area contributed by atoms with E-state index < -0.39 is 0 Å². The summed E-state index contributed by atoms with van der Waals surface area (Å²) >= 11 is 0. The smallest absolute Gasteiger partial charge is 0.0652 e. The van der Waals surface area contributed by atoms with Gasteiger partial charge in [0, 0.05) is 20.1 Å². The molecule has 0 bridgehead atoms. The van der Waals surface area contributed by atoms with E-state index in [1.807, 2.05) is 0 Å². The van der Waals surface area contributed by atoms with Crippen LogP contribution in [0.2, 0.25) is 0 Å². The molecular formula is C14H30O3. The summed E-state index contributed by atoms with van der Waals surface area (Å²) in [5.74, 6) is 0.379. The van der Waals surface area contributed by atoms with Gasteiger partial charge in [-0.1, -0.05) is 6.92 Å². The molecule has 0 aliphatic heterocycles. The minimum Gasteiger partial charge on any atom is -0.384 e. The lowest BCUT2D eigenvalue weighted by atomic mass is 9.90. The Balaban J connectivity index is 4.32. The predicted molar refractivity (Wildman–Crippen MR) is 71.4 cm³/mol. The van der Waals surface area contributed by atoms with Crippen molar-refractivity contribution in [2.45, 2.75) is 58.7 Å². The third-order valence-corrected chi connectivity index (χ3v) is 3.12. The van der Waals surface area contributed by atoms with E-state index in [4.69, 9.17) is 14.2 Å². The normalized spacial score (nSPS) is 17.8. The van der Waals surface area contributed by atoms with Gasteiger partial charge in [0.15, 0.2) is 0 Å². The lowest BCUT2D eigenvalue weighted by Crippen LogP contribution is -2.34. The third kappa shape index (κ3) is 7.74. The summed E-state index contributed by atoms with van der Waals surface area (Å²) in [4.78, 5) is 0. The van der Waals surface area contributed by atoms with Gasteiger partial charge in [-0.3, -0.25) is 0 Å². The maximum atomic E-state index is 5.84. The van der Waals surface area contributed by atoms with Crippen LogP contribution in [-0.2, 0) is 14.2 Å². The molecule has 2 unspecified atom stereocenters. The molecule has 0 saturated heterocycles. The standard InChI is InChI=1S/C14H30O3/c1-8-14(5,16-7)9-12(10-15-6)11-17-13(2,3)4/h12H,8-11H2,1-7H3. The highest BCUT2D eigenvalue weighted by Gasteiger charge is 2.27. The first-order valence-corrected chi connectivity index (χ1v) is 6.44. The van der Waals surface area contributed by atoms with Crippen molar-refractivity contribution < 1.29 is 14.2 Å².